The number of halogens is 1. The van der Waals surface area contributed by atoms with Crippen LogP contribution in [0.15, 0.2) is 35.3 Å². The maximum atomic E-state index is 13.4. The van der Waals surface area contributed by atoms with Crippen LogP contribution in [0, 0.1) is 12.7 Å². The third-order valence-corrected chi connectivity index (χ3v) is 4.10. The summed E-state index contributed by atoms with van der Waals surface area (Å²) in [6.45, 7) is 4.02. The molecule has 1 atom stereocenters. The summed E-state index contributed by atoms with van der Waals surface area (Å²) in [7, 11) is 0. The van der Waals surface area contributed by atoms with Gasteiger partial charge in [-0.1, -0.05) is 6.07 Å². The third kappa shape index (κ3) is 2.54. The molecule has 1 aliphatic rings. The normalized spacial score (nSPS) is 17.2. The lowest BCUT2D eigenvalue weighted by molar-refractivity contribution is 0.0656. The maximum absolute atomic E-state index is 13.4. The van der Waals surface area contributed by atoms with Gasteiger partial charge in [0.25, 0.3) is 5.91 Å². The van der Waals surface area contributed by atoms with E-state index < -0.39 is 0 Å². The van der Waals surface area contributed by atoms with Crippen molar-refractivity contribution in [1.82, 2.24) is 9.88 Å². The molecule has 0 spiro atoms. The van der Waals surface area contributed by atoms with Crippen LogP contribution in [0.25, 0.3) is 0 Å². The Morgan fingerprint density at radius 3 is 2.82 bits per heavy atom. The van der Waals surface area contributed by atoms with Crippen LogP contribution < -0.4 is 5.43 Å². The van der Waals surface area contributed by atoms with Gasteiger partial charge >= 0.3 is 0 Å². The summed E-state index contributed by atoms with van der Waals surface area (Å²) in [5, 5.41) is 0. The Kier molecular flexibility index (Phi) is 3.56. The fraction of sp³-hybridized carbons (Fsp3) is 0.294. The van der Waals surface area contributed by atoms with E-state index in [1.807, 2.05) is 6.92 Å². The van der Waals surface area contributed by atoms with Crippen LogP contribution in [-0.2, 0) is 13.0 Å². The summed E-state index contributed by atoms with van der Waals surface area (Å²) in [4.78, 5) is 29.2. The van der Waals surface area contributed by atoms with Crippen LogP contribution in [0.4, 0.5) is 4.39 Å². The van der Waals surface area contributed by atoms with Gasteiger partial charge in [-0.3, -0.25) is 9.59 Å². The zero-order valence-corrected chi connectivity index (χ0v) is 12.5. The van der Waals surface area contributed by atoms with Gasteiger partial charge in [-0.05, 0) is 43.5 Å². The molecule has 0 aliphatic carbocycles. The third-order valence-electron chi connectivity index (χ3n) is 4.10. The van der Waals surface area contributed by atoms with E-state index in [1.165, 1.54) is 24.4 Å². The fourth-order valence-corrected chi connectivity index (χ4v) is 2.88. The Labute approximate surface area is 127 Å². The number of carbonyl (C=O) groups excluding carboxylic acids is 1. The summed E-state index contributed by atoms with van der Waals surface area (Å²) in [5.41, 5.74) is 2.39. The first-order chi connectivity index (χ1) is 10.5. The zero-order valence-electron chi connectivity index (χ0n) is 12.5. The monoisotopic (exact) mass is 300 g/mol. The minimum absolute atomic E-state index is 0.0360. The van der Waals surface area contributed by atoms with Crippen LogP contribution in [0.1, 0.15) is 34.1 Å². The SMILES string of the molecule is Cc1cc(=O)c(C(=O)N2Cc3cc(F)ccc3C[C@@H]2C)c[nH]1. The predicted molar refractivity (Wildman–Crippen MR) is 81.2 cm³/mol. The molecule has 1 N–H and O–H groups in total. The highest BCUT2D eigenvalue weighted by Gasteiger charge is 2.28. The average Bonchev–Trinajstić information content (AvgIpc) is 2.46. The number of aryl methyl sites for hydroxylation is 1. The molecule has 0 fully saturated rings. The Hall–Kier alpha value is -2.43. The molecule has 1 aromatic carbocycles. The molecular formula is C17H17FN2O2. The maximum Gasteiger partial charge on any atom is 0.259 e. The van der Waals surface area contributed by atoms with Gasteiger partial charge in [0.1, 0.15) is 11.4 Å². The molecule has 1 aromatic heterocycles. The summed E-state index contributed by atoms with van der Waals surface area (Å²) >= 11 is 0. The van der Waals surface area contributed by atoms with Gasteiger partial charge < -0.3 is 9.88 Å². The van der Waals surface area contributed by atoms with Crippen molar-refractivity contribution in [3.05, 3.63) is 68.9 Å². The molecule has 0 radical (unpaired) electrons. The van der Waals surface area contributed by atoms with Gasteiger partial charge in [0.2, 0.25) is 0 Å². The lowest BCUT2D eigenvalue weighted by Gasteiger charge is -2.34. The van der Waals surface area contributed by atoms with Gasteiger partial charge in [0.05, 0.1) is 0 Å². The van der Waals surface area contributed by atoms with Gasteiger partial charge in [-0.25, -0.2) is 4.39 Å². The number of aromatic amines is 1. The summed E-state index contributed by atoms with van der Waals surface area (Å²) in [6, 6.07) is 6.04. The molecule has 4 nitrogen and oxygen atoms in total. The average molecular weight is 300 g/mol. The smallest absolute Gasteiger partial charge is 0.259 e. The number of hydrogen-bond donors (Lipinski definition) is 1. The van der Waals surface area contributed by atoms with Crippen LogP contribution in [0.2, 0.25) is 0 Å². The number of carbonyl (C=O) groups is 1. The van der Waals surface area contributed by atoms with Crippen LogP contribution in [0.3, 0.4) is 0 Å². The first-order valence-electron chi connectivity index (χ1n) is 7.23. The predicted octanol–water partition coefficient (Wildman–Crippen LogP) is 2.41. The lowest BCUT2D eigenvalue weighted by Crippen LogP contribution is -2.44. The number of aromatic nitrogens is 1. The largest absolute Gasteiger partial charge is 0.364 e. The number of nitrogens with zero attached hydrogens (tertiary/aromatic N) is 1. The Balaban J connectivity index is 1.94. The molecule has 1 amide bonds. The topological polar surface area (TPSA) is 53.2 Å². The number of benzene rings is 1. The Morgan fingerprint density at radius 2 is 2.09 bits per heavy atom. The quantitative estimate of drug-likeness (QED) is 0.879. The van der Waals surface area contributed by atoms with Crippen molar-refractivity contribution in [3.63, 3.8) is 0 Å². The van der Waals surface area contributed by atoms with E-state index in [4.69, 9.17) is 0 Å². The highest BCUT2D eigenvalue weighted by Crippen LogP contribution is 2.25. The molecule has 0 saturated carbocycles. The second kappa shape index (κ2) is 5.40. The van der Waals surface area contributed by atoms with Crippen molar-refractivity contribution in [1.29, 1.82) is 0 Å². The van der Waals surface area contributed by atoms with Crippen molar-refractivity contribution < 1.29 is 9.18 Å². The summed E-state index contributed by atoms with van der Waals surface area (Å²) < 4.78 is 13.4. The van der Waals surface area contributed by atoms with Crippen molar-refractivity contribution in [2.75, 3.05) is 0 Å². The van der Waals surface area contributed by atoms with E-state index in [9.17, 15) is 14.0 Å². The number of nitrogens with one attached hydrogen (secondary N) is 1. The standard InChI is InChI=1S/C17H17FN2O2/c1-10-5-16(21)15(8-19-10)17(22)20-9-13-7-14(18)4-3-12(13)6-11(20)2/h3-5,7-8,11H,6,9H2,1-2H3,(H,19,21)/t11-/m0/s1. The van der Waals surface area contributed by atoms with E-state index in [1.54, 1.807) is 17.9 Å². The molecule has 0 unspecified atom stereocenters. The second-order valence-electron chi connectivity index (χ2n) is 5.79. The number of H-pyrrole nitrogens is 1. The molecule has 0 saturated heterocycles. The van der Waals surface area contributed by atoms with Gasteiger partial charge in [-0.15, -0.1) is 0 Å². The Morgan fingerprint density at radius 1 is 1.32 bits per heavy atom. The van der Waals surface area contributed by atoms with E-state index >= 15 is 0 Å². The second-order valence-corrected chi connectivity index (χ2v) is 5.79. The molecule has 114 valence electrons. The highest BCUT2D eigenvalue weighted by atomic mass is 19.1. The molecule has 2 heterocycles. The first kappa shape index (κ1) is 14.5. The van der Waals surface area contributed by atoms with Crippen LogP contribution >= 0.6 is 0 Å². The molecule has 3 rings (SSSR count). The summed E-state index contributed by atoms with van der Waals surface area (Å²) in [6.07, 6.45) is 2.11. The minimum Gasteiger partial charge on any atom is -0.364 e. The summed E-state index contributed by atoms with van der Waals surface area (Å²) in [5.74, 6) is -0.627. The van der Waals surface area contributed by atoms with Gasteiger partial charge in [0.15, 0.2) is 5.43 Å². The van der Waals surface area contributed by atoms with Crippen molar-refractivity contribution in [2.24, 2.45) is 0 Å². The number of hydrogen-bond acceptors (Lipinski definition) is 2. The highest BCUT2D eigenvalue weighted by molar-refractivity contribution is 5.94. The number of fused-ring (bicyclic) bond motifs is 1. The number of rotatable bonds is 1. The van der Waals surface area contributed by atoms with E-state index in [0.717, 1.165) is 11.1 Å². The van der Waals surface area contributed by atoms with Crippen molar-refractivity contribution in [3.8, 4) is 0 Å². The van der Waals surface area contributed by atoms with E-state index in [0.29, 0.717) is 18.7 Å². The van der Waals surface area contributed by atoms with Crippen LogP contribution in [-0.4, -0.2) is 21.8 Å². The van der Waals surface area contributed by atoms with E-state index in [-0.39, 0.29) is 28.8 Å². The molecule has 22 heavy (non-hydrogen) atoms. The van der Waals surface area contributed by atoms with Gasteiger partial charge in [-0.2, -0.15) is 0 Å². The van der Waals surface area contributed by atoms with Crippen molar-refractivity contribution in [2.45, 2.75) is 32.9 Å². The molecule has 5 heteroatoms. The molecule has 2 aromatic rings. The fourth-order valence-electron chi connectivity index (χ4n) is 2.88. The molecule has 0 bridgehead atoms. The lowest BCUT2D eigenvalue weighted by atomic mass is 9.94. The zero-order chi connectivity index (χ0) is 15.9. The number of pyridine rings is 1. The van der Waals surface area contributed by atoms with Crippen LogP contribution in [0.5, 0.6) is 0 Å². The van der Waals surface area contributed by atoms with Gasteiger partial charge in [0, 0.05) is 30.5 Å². The molecular weight excluding hydrogens is 283 g/mol. The first-order valence-corrected chi connectivity index (χ1v) is 7.23. The molecule has 1 aliphatic heterocycles. The van der Waals surface area contributed by atoms with Crippen molar-refractivity contribution >= 4 is 5.91 Å². The Bertz CT molecular complexity index is 797. The number of amides is 1. The van der Waals surface area contributed by atoms with E-state index in [2.05, 4.69) is 4.98 Å². The minimum atomic E-state index is -0.316.